The van der Waals surface area contributed by atoms with Gasteiger partial charge < -0.3 is 9.64 Å². The third kappa shape index (κ3) is 3.63. The van der Waals surface area contributed by atoms with E-state index >= 15 is 0 Å². The van der Waals surface area contributed by atoms with Crippen LogP contribution in [0.2, 0.25) is 0 Å². The number of hydrogen-bond donors (Lipinski definition) is 0. The first-order valence-corrected chi connectivity index (χ1v) is 9.46. The normalized spacial score (nSPS) is 23.0. The number of rotatable bonds is 5. The lowest BCUT2D eigenvalue weighted by molar-refractivity contribution is -0.0117. The van der Waals surface area contributed by atoms with Crippen molar-refractivity contribution in [1.29, 1.82) is 0 Å². The van der Waals surface area contributed by atoms with Crippen LogP contribution in [0.15, 0.2) is 42.7 Å². The quantitative estimate of drug-likeness (QED) is 0.830. The Morgan fingerprint density at radius 3 is 2.54 bits per heavy atom. The van der Waals surface area contributed by atoms with Crippen molar-refractivity contribution in [3.8, 4) is 0 Å². The van der Waals surface area contributed by atoms with Crippen molar-refractivity contribution in [3.05, 3.63) is 59.7 Å². The summed E-state index contributed by atoms with van der Waals surface area (Å²) in [6, 6.07) is 10.3. The number of likely N-dealkylation sites (tertiary alicyclic amines) is 1. The molecule has 2 fully saturated rings. The monoisotopic (exact) mass is 351 g/mol. The summed E-state index contributed by atoms with van der Waals surface area (Å²) in [5.41, 5.74) is 1.80. The van der Waals surface area contributed by atoms with E-state index in [2.05, 4.69) is 22.1 Å². The smallest absolute Gasteiger partial charge is 0.257 e. The average molecular weight is 351 g/mol. The molecule has 136 valence electrons. The van der Waals surface area contributed by atoms with Crippen molar-refractivity contribution >= 4 is 5.91 Å². The molecule has 1 saturated carbocycles. The number of amides is 1. The predicted molar refractivity (Wildman–Crippen MR) is 99.0 cm³/mol. The number of piperidine rings is 1. The molecule has 2 heterocycles. The molecule has 1 aliphatic heterocycles. The van der Waals surface area contributed by atoms with E-state index < -0.39 is 0 Å². The maximum Gasteiger partial charge on any atom is 0.257 e. The van der Waals surface area contributed by atoms with Crippen molar-refractivity contribution in [2.75, 3.05) is 13.7 Å². The number of carbonyl (C=O) groups excluding carboxylic acids is 1. The second-order valence-electron chi connectivity index (χ2n) is 7.28. The Morgan fingerprint density at radius 1 is 1.15 bits per heavy atom. The highest BCUT2D eigenvalue weighted by Gasteiger charge is 2.35. The molecule has 2 atom stereocenters. The van der Waals surface area contributed by atoms with Gasteiger partial charge in [0, 0.05) is 32.0 Å². The molecule has 2 aromatic rings. The molecule has 0 unspecified atom stereocenters. The summed E-state index contributed by atoms with van der Waals surface area (Å²) >= 11 is 0. The lowest BCUT2D eigenvalue weighted by Gasteiger charge is -2.40. The molecule has 5 nitrogen and oxygen atoms in total. The molecule has 1 aliphatic carbocycles. The second kappa shape index (κ2) is 7.54. The Morgan fingerprint density at radius 2 is 1.88 bits per heavy atom. The van der Waals surface area contributed by atoms with Gasteiger partial charge in [-0.05, 0) is 37.7 Å². The third-order valence-electron chi connectivity index (χ3n) is 5.43. The fraction of sp³-hybridized carbons (Fsp3) is 0.476. The number of benzene rings is 1. The first kappa shape index (κ1) is 17.2. The fourth-order valence-corrected chi connectivity index (χ4v) is 3.81. The minimum Gasteiger partial charge on any atom is -0.379 e. The van der Waals surface area contributed by atoms with Gasteiger partial charge in [-0.15, -0.1) is 0 Å². The van der Waals surface area contributed by atoms with Crippen LogP contribution in [-0.2, 0) is 11.2 Å². The lowest BCUT2D eigenvalue weighted by atomic mass is 9.92. The van der Waals surface area contributed by atoms with Crippen LogP contribution in [0.5, 0.6) is 0 Å². The number of methoxy groups -OCH3 is 1. The van der Waals surface area contributed by atoms with Gasteiger partial charge in [-0.25, -0.2) is 9.97 Å². The zero-order chi connectivity index (χ0) is 17.9. The van der Waals surface area contributed by atoms with Crippen molar-refractivity contribution in [2.24, 2.45) is 0 Å². The molecule has 4 rings (SSSR count). The highest BCUT2D eigenvalue weighted by Crippen LogP contribution is 2.37. The molecule has 0 spiro atoms. The Balaban J connectivity index is 1.55. The maximum absolute atomic E-state index is 13.1. The largest absolute Gasteiger partial charge is 0.379 e. The number of nitrogens with zero attached hydrogens (tertiary/aromatic N) is 3. The Labute approximate surface area is 154 Å². The zero-order valence-electron chi connectivity index (χ0n) is 15.2. The molecule has 1 aromatic carbocycles. The van der Waals surface area contributed by atoms with Gasteiger partial charge in [0.1, 0.15) is 5.82 Å². The highest BCUT2D eigenvalue weighted by molar-refractivity contribution is 5.94. The lowest BCUT2D eigenvalue weighted by Crippen LogP contribution is -2.52. The van der Waals surface area contributed by atoms with E-state index in [4.69, 9.17) is 4.74 Å². The summed E-state index contributed by atoms with van der Waals surface area (Å²) in [6.07, 6.45) is 8.50. The van der Waals surface area contributed by atoms with E-state index in [-0.39, 0.29) is 18.1 Å². The molecule has 2 aliphatic rings. The molecule has 26 heavy (non-hydrogen) atoms. The van der Waals surface area contributed by atoms with Gasteiger partial charge in [-0.2, -0.15) is 0 Å². The van der Waals surface area contributed by atoms with Crippen LogP contribution >= 0.6 is 0 Å². The SMILES string of the molecule is CO[C@H]1CCCN(C(=O)c2cnc(C3CC3)nc2)[C@H]1Cc1ccccc1. The van der Waals surface area contributed by atoms with E-state index in [0.29, 0.717) is 11.5 Å². The van der Waals surface area contributed by atoms with Crippen LogP contribution in [0.4, 0.5) is 0 Å². The number of hydrogen-bond acceptors (Lipinski definition) is 4. The summed E-state index contributed by atoms with van der Waals surface area (Å²) in [5.74, 6) is 1.38. The number of ether oxygens (including phenoxy) is 1. The number of aromatic nitrogens is 2. The Hall–Kier alpha value is -2.27. The molecule has 1 saturated heterocycles. The van der Waals surface area contributed by atoms with Crippen LogP contribution in [-0.4, -0.2) is 46.6 Å². The minimum absolute atomic E-state index is 0.00929. The average Bonchev–Trinajstić information content (AvgIpc) is 3.54. The second-order valence-corrected chi connectivity index (χ2v) is 7.28. The summed E-state index contributed by atoms with van der Waals surface area (Å²) in [4.78, 5) is 23.9. The van der Waals surface area contributed by atoms with Crippen LogP contribution in [0, 0.1) is 0 Å². The van der Waals surface area contributed by atoms with Crippen LogP contribution in [0.3, 0.4) is 0 Å². The predicted octanol–water partition coefficient (Wildman–Crippen LogP) is 3.22. The molecule has 0 N–H and O–H groups in total. The van der Waals surface area contributed by atoms with E-state index in [0.717, 1.165) is 44.5 Å². The topological polar surface area (TPSA) is 55.3 Å². The van der Waals surface area contributed by atoms with E-state index in [1.165, 1.54) is 5.56 Å². The Bertz CT molecular complexity index is 744. The van der Waals surface area contributed by atoms with Crippen LogP contribution < -0.4 is 0 Å². The van der Waals surface area contributed by atoms with Crippen molar-refractivity contribution < 1.29 is 9.53 Å². The van der Waals surface area contributed by atoms with Crippen LogP contribution in [0.25, 0.3) is 0 Å². The summed E-state index contributed by atoms with van der Waals surface area (Å²) < 4.78 is 5.73. The van der Waals surface area contributed by atoms with E-state index in [1.54, 1.807) is 19.5 Å². The van der Waals surface area contributed by atoms with Gasteiger partial charge in [0.2, 0.25) is 0 Å². The van der Waals surface area contributed by atoms with Crippen LogP contribution in [0.1, 0.15) is 53.3 Å². The van der Waals surface area contributed by atoms with Gasteiger partial charge in [0.15, 0.2) is 0 Å². The van der Waals surface area contributed by atoms with E-state index in [1.807, 2.05) is 23.1 Å². The van der Waals surface area contributed by atoms with Crippen molar-refractivity contribution in [1.82, 2.24) is 14.9 Å². The molecule has 0 bridgehead atoms. The van der Waals surface area contributed by atoms with Gasteiger partial charge in [-0.3, -0.25) is 4.79 Å². The Kier molecular flexibility index (Phi) is 4.98. The molecular weight excluding hydrogens is 326 g/mol. The highest BCUT2D eigenvalue weighted by atomic mass is 16.5. The zero-order valence-corrected chi connectivity index (χ0v) is 15.2. The van der Waals surface area contributed by atoms with Gasteiger partial charge in [-0.1, -0.05) is 30.3 Å². The number of carbonyl (C=O) groups is 1. The first-order chi connectivity index (χ1) is 12.8. The van der Waals surface area contributed by atoms with E-state index in [9.17, 15) is 4.79 Å². The van der Waals surface area contributed by atoms with Gasteiger partial charge in [0.25, 0.3) is 5.91 Å². The molecule has 5 heteroatoms. The summed E-state index contributed by atoms with van der Waals surface area (Å²) in [5, 5.41) is 0. The van der Waals surface area contributed by atoms with Crippen molar-refractivity contribution in [2.45, 2.75) is 50.2 Å². The third-order valence-corrected chi connectivity index (χ3v) is 5.43. The molecule has 0 radical (unpaired) electrons. The summed E-state index contributed by atoms with van der Waals surface area (Å²) in [6.45, 7) is 0.751. The molecule has 1 aromatic heterocycles. The standard InChI is InChI=1S/C21H25N3O2/c1-26-19-8-5-11-24(18(19)12-15-6-3-2-4-7-15)21(25)17-13-22-20(23-14-17)16-9-10-16/h2-4,6-7,13-14,16,18-19H,5,8-12H2,1H3/t18-,19-/m0/s1. The first-order valence-electron chi connectivity index (χ1n) is 9.46. The maximum atomic E-state index is 13.1. The van der Waals surface area contributed by atoms with Crippen molar-refractivity contribution in [3.63, 3.8) is 0 Å². The fourth-order valence-electron chi connectivity index (χ4n) is 3.81. The van der Waals surface area contributed by atoms with Gasteiger partial charge in [0.05, 0.1) is 17.7 Å². The summed E-state index contributed by atoms with van der Waals surface area (Å²) in [7, 11) is 1.74. The molecular formula is C21H25N3O2. The molecule has 1 amide bonds. The van der Waals surface area contributed by atoms with Gasteiger partial charge >= 0.3 is 0 Å². The minimum atomic E-state index is 0.00929.